The lowest BCUT2D eigenvalue weighted by Gasteiger charge is -2.22. The van der Waals surface area contributed by atoms with Gasteiger partial charge in [-0.1, -0.05) is 6.92 Å². The SMILES string of the molecule is COCC(C)C(=O)C1CCCC(=O)C1. The van der Waals surface area contributed by atoms with Gasteiger partial charge in [-0.2, -0.15) is 0 Å². The lowest BCUT2D eigenvalue weighted by atomic mass is 9.82. The van der Waals surface area contributed by atoms with Gasteiger partial charge >= 0.3 is 0 Å². The van der Waals surface area contributed by atoms with Crippen molar-refractivity contribution in [1.82, 2.24) is 0 Å². The van der Waals surface area contributed by atoms with Gasteiger partial charge in [-0.25, -0.2) is 0 Å². The van der Waals surface area contributed by atoms with E-state index in [1.165, 1.54) is 0 Å². The Kier molecular flexibility index (Phi) is 4.26. The summed E-state index contributed by atoms with van der Waals surface area (Å²) in [6, 6.07) is 0. The van der Waals surface area contributed by atoms with Crippen molar-refractivity contribution in [1.29, 1.82) is 0 Å². The highest BCUT2D eigenvalue weighted by Crippen LogP contribution is 2.24. The minimum Gasteiger partial charge on any atom is -0.384 e. The average Bonchev–Trinajstić information content (AvgIpc) is 2.17. The Labute approximate surface area is 84.8 Å². The maximum atomic E-state index is 11.8. The van der Waals surface area contributed by atoms with Crippen LogP contribution in [0.5, 0.6) is 0 Å². The number of ketones is 2. The van der Waals surface area contributed by atoms with E-state index in [4.69, 9.17) is 4.74 Å². The summed E-state index contributed by atoms with van der Waals surface area (Å²) >= 11 is 0. The van der Waals surface area contributed by atoms with Crippen molar-refractivity contribution in [3.05, 3.63) is 0 Å². The quantitative estimate of drug-likeness (QED) is 0.689. The van der Waals surface area contributed by atoms with Crippen LogP contribution in [0.25, 0.3) is 0 Å². The Morgan fingerprint density at radius 3 is 2.93 bits per heavy atom. The molecule has 0 N–H and O–H groups in total. The number of methoxy groups -OCH3 is 1. The molecule has 2 unspecified atom stereocenters. The molecule has 3 heteroatoms. The van der Waals surface area contributed by atoms with Crippen LogP contribution in [-0.4, -0.2) is 25.3 Å². The molecule has 14 heavy (non-hydrogen) atoms. The van der Waals surface area contributed by atoms with E-state index in [-0.39, 0.29) is 23.4 Å². The molecule has 0 heterocycles. The van der Waals surface area contributed by atoms with E-state index < -0.39 is 0 Å². The minimum absolute atomic E-state index is 0.0404. The molecule has 0 amide bonds. The molecular formula is C11H18O3. The van der Waals surface area contributed by atoms with Crippen LogP contribution in [0.1, 0.15) is 32.6 Å². The van der Waals surface area contributed by atoms with Crippen molar-refractivity contribution in [2.45, 2.75) is 32.6 Å². The Morgan fingerprint density at radius 2 is 2.36 bits per heavy atom. The van der Waals surface area contributed by atoms with Gasteiger partial charge in [-0.15, -0.1) is 0 Å². The standard InChI is InChI=1S/C11H18O3/c1-8(7-14-2)11(13)9-4-3-5-10(12)6-9/h8-9H,3-7H2,1-2H3. The second kappa shape index (κ2) is 5.25. The molecule has 0 aromatic heterocycles. The highest BCUT2D eigenvalue weighted by molar-refractivity contribution is 5.90. The molecule has 3 nitrogen and oxygen atoms in total. The van der Waals surface area contributed by atoms with Crippen LogP contribution in [0.15, 0.2) is 0 Å². The topological polar surface area (TPSA) is 43.4 Å². The van der Waals surface area contributed by atoms with E-state index in [0.29, 0.717) is 19.4 Å². The fourth-order valence-electron chi connectivity index (χ4n) is 2.00. The van der Waals surface area contributed by atoms with E-state index in [9.17, 15) is 9.59 Å². The fourth-order valence-corrected chi connectivity index (χ4v) is 2.00. The third-order valence-electron chi connectivity index (χ3n) is 2.79. The Hall–Kier alpha value is -0.700. The molecule has 1 saturated carbocycles. The second-order valence-corrected chi connectivity index (χ2v) is 4.09. The number of hydrogen-bond donors (Lipinski definition) is 0. The van der Waals surface area contributed by atoms with E-state index in [2.05, 4.69) is 0 Å². The Bertz CT molecular complexity index is 223. The van der Waals surface area contributed by atoms with Crippen molar-refractivity contribution in [2.24, 2.45) is 11.8 Å². The molecule has 0 aromatic carbocycles. The van der Waals surface area contributed by atoms with Gasteiger partial charge in [-0.05, 0) is 12.8 Å². The lowest BCUT2D eigenvalue weighted by molar-refractivity contribution is -0.133. The van der Waals surface area contributed by atoms with Gasteiger partial charge in [0.25, 0.3) is 0 Å². The normalized spacial score (nSPS) is 24.7. The van der Waals surface area contributed by atoms with Gasteiger partial charge in [-0.3, -0.25) is 9.59 Å². The third kappa shape index (κ3) is 2.91. The number of carbonyl (C=O) groups is 2. The van der Waals surface area contributed by atoms with E-state index in [0.717, 1.165) is 12.8 Å². The summed E-state index contributed by atoms with van der Waals surface area (Å²) in [7, 11) is 1.59. The van der Waals surface area contributed by atoms with Crippen molar-refractivity contribution in [2.75, 3.05) is 13.7 Å². The summed E-state index contributed by atoms with van der Waals surface area (Å²) in [5.74, 6) is 0.316. The zero-order valence-corrected chi connectivity index (χ0v) is 8.91. The van der Waals surface area contributed by atoms with Crippen molar-refractivity contribution in [3.8, 4) is 0 Å². The zero-order valence-electron chi connectivity index (χ0n) is 8.91. The molecule has 0 radical (unpaired) electrons. The summed E-state index contributed by atoms with van der Waals surface area (Å²) in [6.07, 6.45) is 2.85. The Morgan fingerprint density at radius 1 is 1.64 bits per heavy atom. The number of hydrogen-bond acceptors (Lipinski definition) is 3. The molecule has 0 bridgehead atoms. The summed E-state index contributed by atoms with van der Waals surface area (Å²) in [6.45, 7) is 2.33. The van der Waals surface area contributed by atoms with Gasteiger partial charge in [0.15, 0.2) is 0 Å². The first kappa shape index (κ1) is 11.4. The molecule has 0 spiro atoms. The smallest absolute Gasteiger partial charge is 0.141 e. The molecule has 0 aromatic rings. The van der Waals surface area contributed by atoms with Gasteiger partial charge in [0, 0.05) is 31.8 Å². The van der Waals surface area contributed by atoms with E-state index in [1.807, 2.05) is 6.92 Å². The highest BCUT2D eigenvalue weighted by Gasteiger charge is 2.28. The first-order chi connectivity index (χ1) is 6.65. The number of rotatable bonds is 4. The second-order valence-electron chi connectivity index (χ2n) is 4.09. The average molecular weight is 198 g/mol. The molecule has 2 atom stereocenters. The molecule has 1 aliphatic rings. The monoisotopic (exact) mass is 198 g/mol. The molecular weight excluding hydrogens is 180 g/mol. The Balaban J connectivity index is 2.46. The molecule has 1 fully saturated rings. The van der Waals surface area contributed by atoms with Gasteiger partial charge in [0.05, 0.1) is 6.61 Å². The molecule has 1 aliphatic carbocycles. The first-order valence-corrected chi connectivity index (χ1v) is 5.19. The van der Waals surface area contributed by atoms with Crippen LogP contribution in [0.4, 0.5) is 0 Å². The van der Waals surface area contributed by atoms with Crippen LogP contribution < -0.4 is 0 Å². The number of Topliss-reactive ketones (excluding diaryl/α,β-unsaturated/α-hetero) is 2. The highest BCUT2D eigenvalue weighted by atomic mass is 16.5. The third-order valence-corrected chi connectivity index (χ3v) is 2.79. The molecule has 0 saturated heterocycles. The molecule has 1 rings (SSSR count). The lowest BCUT2D eigenvalue weighted by Crippen LogP contribution is -2.29. The van der Waals surface area contributed by atoms with Gasteiger partial charge < -0.3 is 4.74 Å². The summed E-state index contributed by atoms with van der Waals surface area (Å²) in [5, 5.41) is 0. The maximum absolute atomic E-state index is 11.8. The van der Waals surface area contributed by atoms with Crippen LogP contribution in [-0.2, 0) is 14.3 Å². The zero-order chi connectivity index (χ0) is 10.6. The maximum Gasteiger partial charge on any atom is 0.141 e. The summed E-state index contributed by atoms with van der Waals surface area (Å²) < 4.78 is 4.94. The fraction of sp³-hybridized carbons (Fsp3) is 0.818. The van der Waals surface area contributed by atoms with E-state index in [1.54, 1.807) is 7.11 Å². The molecule has 0 aliphatic heterocycles. The van der Waals surface area contributed by atoms with Gasteiger partial charge in [0.2, 0.25) is 0 Å². The largest absolute Gasteiger partial charge is 0.384 e. The first-order valence-electron chi connectivity index (χ1n) is 5.19. The predicted molar refractivity (Wildman–Crippen MR) is 53.0 cm³/mol. The van der Waals surface area contributed by atoms with Crippen molar-refractivity contribution in [3.63, 3.8) is 0 Å². The van der Waals surface area contributed by atoms with Crippen LogP contribution in [0.2, 0.25) is 0 Å². The van der Waals surface area contributed by atoms with E-state index >= 15 is 0 Å². The van der Waals surface area contributed by atoms with Gasteiger partial charge in [0.1, 0.15) is 11.6 Å². The van der Waals surface area contributed by atoms with Crippen LogP contribution >= 0.6 is 0 Å². The molecule has 80 valence electrons. The van der Waals surface area contributed by atoms with Crippen LogP contribution in [0.3, 0.4) is 0 Å². The van der Waals surface area contributed by atoms with Crippen molar-refractivity contribution < 1.29 is 14.3 Å². The number of carbonyl (C=O) groups excluding carboxylic acids is 2. The van der Waals surface area contributed by atoms with Crippen LogP contribution in [0, 0.1) is 11.8 Å². The number of ether oxygens (including phenoxy) is 1. The van der Waals surface area contributed by atoms with Crippen molar-refractivity contribution >= 4 is 11.6 Å². The predicted octanol–water partition coefficient (Wildman–Crippen LogP) is 1.60. The summed E-state index contributed by atoms with van der Waals surface area (Å²) in [5.41, 5.74) is 0. The minimum atomic E-state index is -0.0732. The summed E-state index contributed by atoms with van der Waals surface area (Å²) in [4.78, 5) is 23.0.